The Morgan fingerprint density at radius 1 is 1.21 bits per heavy atom. The summed E-state index contributed by atoms with van der Waals surface area (Å²) in [5, 5.41) is 5.80. The number of aromatic nitrogens is 2. The number of carbonyl (C=O) groups is 1. The van der Waals surface area contributed by atoms with Crippen LogP contribution in [0.15, 0.2) is 54.0 Å². The lowest BCUT2D eigenvalue weighted by molar-refractivity contribution is -0.116. The molecular weight excluding hydrogens is 322 g/mol. The number of pyridine rings is 1. The van der Waals surface area contributed by atoms with Crippen LogP contribution in [0.5, 0.6) is 5.88 Å². The van der Waals surface area contributed by atoms with E-state index in [4.69, 9.17) is 4.74 Å². The van der Waals surface area contributed by atoms with Crippen molar-refractivity contribution < 1.29 is 9.53 Å². The van der Waals surface area contributed by atoms with Crippen LogP contribution < -0.4 is 10.1 Å². The molecule has 0 atom stereocenters. The predicted octanol–water partition coefficient (Wildman–Crippen LogP) is 3.79. The number of nitrogens with zero attached hydrogens (tertiary/aromatic N) is 2. The minimum Gasteiger partial charge on any atom is -0.481 e. The lowest BCUT2D eigenvalue weighted by Gasteiger charge is -2.05. The summed E-state index contributed by atoms with van der Waals surface area (Å²) >= 11 is 1.60. The van der Waals surface area contributed by atoms with E-state index in [0.717, 1.165) is 16.3 Å². The summed E-state index contributed by atoms with van der Waals surface area (Å²) in [6, 6.07) is 13.5. The van der Waals surface area contributed by atoms with Crippen LogP contribution in [0, 0.1) is 0 Å². The molecule has 6 heteroatoms. The Morgan fingerprint density at radius 3 is 2.75 bits per heavy atom. The van der Waals surface area contributed by atoms with Crippen LogP contribution in [-0.2, 0) is 11.2 Å². The maximum Gasteiger partial charge on any atom is 0.224 e. The second kappa shape index (κ2) is 7.70. The molecule has 0 bridgehead atoms. The van der Waals surface area contributed by atoms with Gasteiger partial charge in [0.1, 0.15) is 5.01 Å². The van der Waals surface area contributed by atoms with E-state index in [1.54, 1.807) is 36.8 Å². The van der Waals surface area contributed by atoms with Crippen LogP contribution >= 0.6 is 11.3 Å². The number of aryl methyl sites for hydroxylation is 1. The van der Waals surface area contributed by atoms with E-state index in [1.807, 2.05) is 35.7 Å². The van der Waals surface area contributed by atoms with Crippen LogP contribution in [-0.4, -0.2) is 23.0 Å². The van der Waals surface area contributed by atoms with Crippen molar-refractivity contribution in [2.24, 2.45) is 0 Å². The highest BCUT2D eigenvalue weighted by Crippen LogP contribution is 2.23. The molecule has 3 rings (SSSR count). The monoisotopic (exact) mass is 339 g/mol. The van der Waals surface area contributed by atoms with Crippen molar-refractivity contribution in [3.05, 3.63) is 59.7 Å². The van der Waals surface area contributed by atoms with Gasteiger partial charge in [-0.05, 0) is 12.5 Å². The molecule has 3 aromatic rings. The van der Waals surface area contributed by atoms with Crippen molar-refractivity contribution >= 4 is 22.9 Å². The third kappa shape index (κ3) is 4.17. The Labute approximate surface area is 144 Å². The first-order valence-corrected chi connectivity index (χ1v) is 8.42. The number of thiazole rings is 1. The number of hydrogen-bond acceptors (Lipinski definition) is 5. The van der Waals surface area contributed by atoms with Crippen LogP contribution in [0.3, 0.4) is 0 Å². The van der Waals surface area contributed by atoms with Crippen molar-refractivity contribution in [3.63, 3.8) is 0 Å². The molecule has 0 radical (unpaired) electrons. The van der Waals surface area contributed by atoms with Crippen molar-refractivity contribution in [2.45, 2.75) is 12.8 Å². The van der Waals surface area contributed by atoms with Crippen molar-refractivity contribution in [2.75, 3.05) is 12.4 Å². The first-order chi connectivity index (χ1) is 11.7. The second-order valence-electron chi connectivity index (χ2n) is 5.15. The number of rotatable bonds is 6. The number of ether oxygens (including phenoxy) is 1. The molecule has 0 aliphatic carbocycles. The second-order valence-corrected chi connectivity index (χ2v) is 6.01. The SMILES string of the molecule is COc1ccc(NC(=O)CCc2csc(-c3ccccc3)n2)cn1. The van der Waals surface area contributed by atoms with Crippen LogP contribution in [0.2, 0.25) is 0 Å². The summed E-state index contributed by atoms with van der Waals surface area (Å²) in [6.07, 6.45) is 2.57. The zero-order chi connectivity index (χ0) is 16.8. The van der Waals surface area contributed by atoms with Gasteiger partial charge in [0.2, 0.25) is 11.8 Å². The van der Waals surface area contributed by atoms with E-state index in [9.17, 15) is 4.79 Å². The summed E-state index contributed by atoms with van der Waals surface area (Å²) in [4.78, 5) is 20.7. The average Bonchev–Trinajstić information content (AvgIpc) is 3.10. The lowest BCUT2D eigenvalue weighted by atomic mass is 10.2. The van der Waals surface area contributed by atoms with Gasteiger partial charge in [-0.15, -0.1) is 11.3 Å². The molecule has 0 aliphatic rings. The number of anilines is 1. The summed E-state index contributed by atoms with van der Waals surface area (Å²) in [5.74, 6) is 0.458. The van der Waals surface area contributed by atoms with E-state index in [1.165, 1.54) is 0 Å². The minimum atomic E-state index is -0.0590. The molecule has 1 amide bonds. The molecule has 0 spiro atoms. The minimum absolute atomic E-state index is 0.0590. The van der Waals surface area contributed by atoms with Gasteiger partial charge >= 0.3 is 0 Å². The van der Waals surface area contributed by atoms with Gasteiger partial charge in [0.05, 0.1) is 24.7 Å². The third-order valence-electron chi connectivity index (χ3n) is 3.41. The third-order valence-corrected chi connectivity index (χ3v) is 4.35. The number of hydrogen-bond donors (Lipinski definition) is 1. The van der Waals surface area contributed by atoms with Crippen LogP contribution in [0.1, 0.15) is 12.1 Å². The van der Waals surface area contributed by atoms with E-state index < -0.39 is 0 Å². The molecule has 0 saturated heterocycles. The Balaban J connectivity index is 1.53. The van der Waals surface area contributed by atoms with Gasteiger partial charge in [0, 0.05) is 23.4 Å². The van der Waals surface area contributed by atoms with Crippen molar-refractivity contribution in [1.29, 1.82) is 0 Å². The van der Waals surface area contributed by atoms with Crippen LogP contribution in [0.4, 0.5) is 5.69 Å². The number of methoxy groups -OCH3 is 1. The highest BCUT2D eigenvalue weighted by molar-refractivity contribution is 7.13. The van der Waals surface area contributed by atoms with Crippen molar-refractivity contribution in [3.8, 4) is 16.5 Å². The Morgan fingerprint density at radius 2 is 2.04 bits per heavy atom. The van der Waals surface area contributed by atoms with Crippen LogP contribution in [0.25, 0.3) is 10.6 Å². The van der Waals surface area contributed by atoms with Gasteiger partial charge in [-0.1, -0.05) is 30.3 Å². The van der Waals surface area contributed by atoms with Gasteiger partial charge < -0.3 is 10.1 Å². The zero-order valence-electron chi connectivity index (χ0n) is 13.2. The number of benzene rings is 1. The van der Waals surface area contributed by atoms with Gasteiger partial charge in [0.25, 0.3) is 0 Å². The maximum absolute atomic E-state index is 12.0. The topological polar surface area (TPSA) is 64.1 Å². The largest absolute Gasteiger partial charge is 0.481 e. The molecule has 122 valence electrons. The molecule has 1 N–H and O–H groups in total. The smallest absolute Gasteiger partial charge is 0.224 e. The standard InChI is InChI=1S/C18H17N3O2S/c1-23-17-10-8-14(11-19-17)20-16(22)9-7-15-12-24-18(21-15)13-5-3-2-4-6-13/h2-6,8,10-12H,7,9H2,1H3,(H,20,22). The molecule has 0 fully saturated rings. The fourth-order valence-corrected chi connectivity index (χ4v) is 3.04. The summed E-state index contributed by atoms with van der Waals surface area (Å²) in [5.41, 5.74) is 2.69. The first kappa shape index (κ1) is 16.1. The first-order valence-electron chi connectivity index (χ1n) is 7.54. The van der Waals surface area contributed by atoms with Crippen molar-refractivity contribution in [1.82, 2.24) is 9.97 Å². The van der Waals surface area contributed by atoms with E-state index in [0.29, 0.717) is 24.4 Å². The molecule has 0 unspecified atom stereocenters. The fraction of sp³-hybridized carbons (Fsp3) is 0.167. The summed E-state index contributed by atoms with van der Waals surface area (Å²) < 4.78 is 4.99. The maximum atomic E-state index is 12.0. The van der Waals surface area contributed by atoms with E-state index in [-0.39, 0.29) is 5.91 Å². The highest BCUT2D eigenvalue weighted by atomic mass is 32.1. The molecule has 1 aromatic carbocycles. The molecule has 2 aromatic heterocycles. The number of amides is 1. The van der Waals surface area contributed by atoms with E-state index >= 15 is 0 Å². The van der Waals surface area contributed by atoms with E-state index in [2.05, 4.69) is 15.3 Å². The molecular formula is C18H17N3O2S. The average molecular weight is 339 g/mol. The Bertz CT molecular complexity index is 801. The molecule has 0 aliphatic heterocycles. The quantitative estimate of drug-likeness (QED) is 0.742. The zero-order valence-corrected chi connectivity index (χ0v) is 14.0. The highest BCUT2D eigenvalue weighted by Gasteiger charge is 2.08. The summed E-state index contributed by atoms with van der Waals surface area (Å²) in [7, 11) is 1.55. The molecule has 5 nitrogen and oxygen atoms in total. The fourth-order valence-electron chi connectivity index (χ4n) is 2.18. The normalized spacial score (nSPS) is 10.4. The predicted molar refractivity (Wildman–Crippen MR) is 95.3 cm³/mol. The number of carbonyl (C=O) groups excluding carboxylic acids is 1. The van der Waals surface area contributed by atoms with Gasteiger partial charge in [0.15, 0.2) is 0 Å². The molecule has 24 heavy (non-hydrogen) atoms. The Hall–Kier alpha value is -2.73. The molecule has 2 heterocycles. The molecule has 0 saturated carbocycles. The Kier molecular flexibility index (Phi) is 5.18. The van der Waals surface area contributed by atoms with Gasteiger partial charge in [-0.2, -0.15) is 0 Å². The number of nitrogens with one attached hydrogen (secondary N) is 1. The lowest BCUT2D eigenvalue weighted by Crippen LogP contribution is -2.12. The summed E-state index contributed by atoms with van der Waals surface area (Å²) in [6.45, 7) is 0. The van der Waals surface area contributed by atoms with Gasteiger partial charge in [-0.25, -0.2) is 9.97 Å². The van der Waals surface area contributed by atoms with Gasteiger partial charge in [-0.3, -0.25) is 4.79 Å².